The van der Waals surface area contributed by atoms with Gasteiger partial charge in [-0.1, -0.05) is 0 Å². The van der Waals surface area contributed by atoms with Crippen molar-refractivity contribution in [3.63, 3.8) is 0 Å². The fraction of sp³-hybridized carbons (Fsp3) is 0.500. The van der Waals surface area contributed by atoms with Gasteiger partial charge in [0.25, 0.3) is 5.97 Å². The second-order valence-corrected chi connectivity index (χ2v) is 0.519. The Morgan fingerprint density at radius 2 is 1.83 bits per heavy atom. The van der Waals surface area contributed by atoms with E-state index in [1.807, 2.05) is 0 Å². The Morgan fingerprint density at radius 3 is 1.83 bits per heavy atom. The van der Waals surface area contributed by atoms with Gasteiger partial charge in [-0.05, 0) is 0 Å². The third-order valence-corrected chi connectivity index (χ3v) is 0. The Balaban J connectivity index is -0.0000000150. The SMILES string of the molecule is CC(=O)O.Cl.[H-].[Na+]. The van der Waals surface area contributed by atoms with Crippen LogP contribution in [0.15, 0.2) is 0 Å². The molecule has 0 aliphatic carbocycles. The summed E-state index contributed by atoms with van der Waals surface area (Å²) in [6, 6.07) is 0. The summed E-state index contributed by atoms with van der Waals surface area (Å²) in [5.74, 6) is -0.833. The predicted molar refractivity (Wildman–Crippen MR) is 21.7 cm³/mol. The second-order valence-electron chi connectivity index (χ2n) is 0.519. The molecule has 0 amide bonds. The minimum Gasteiger partial charge on any atom is -1.00 e. The average Bonchev–Trinajstić information content (AvgIpc) is 0.811. The third-order valence-electron chi connectivity index (χ3n) is 0. The van der Waals surface area contributed by atoms with Gasteiger partial charge in [0.15, 0.2) is 0 Å². The molecule has 0 atom stereocenters. The minimum atomic E-state index is -0.833. The summed E-state index contributed by atoms with van der Waals surface area (Å²) in [5, 5.41) is 7.42. The van der Waals surface area contributed by atoms with Crippen LogP contribution in [0.2, 0.25) is 0 Å². The van der Waals surface area contributed by atoms with E-state index in [9.17, 15) is 0 Å². The molecule has 6 heavy (non-hydrogen) atoms. The summed E-state index contributed by atoms with van der Waals surface area (Å²) in [4.78, 5) is 9.00. The van der Waals surface area contributed by atoms with E-state index in [-0.39, 0.29) is 43.4 Å². The molecule has 0 fully saturated rings. The van der Waals surface area contributed by atoms with Gasteiger partial charge < -0.3 is 6.53 Å². The Labute approximate surface area is 66.1 Å². The molecule has 0 saturated carbocycles. The van der Waals surface area contributed by atoms with Crippen molar-refractivity contribution < 1.29 is 40.9 Å². The summed E-state index contributed by atoms with van der Waals surface area (Å²) < 4.78 is 0. The number of rotatable bonds is 0. The van der Waals surface area contributed by atoms with Crippen LogP contribution < -0.4 is 29.6 Å². The zero-order chi connectivity index (χ0) is 3.58. The maximum atomic E-state index is 9.00. The summed E-state index contributed by atoms with van der Waals surface area (Å²) in [6.07, 6.45) is 0. The van der Waals surface area contributed by atoms with Gasteiger partial charge in [-0.15, -0.1) is 12.4 Å². The van der Waals surface area contributed by atoms with Crippen LogP contribution in [0.3, 0.4) is 0 Å². The van der Waals surface area contributed by atoms with E-state index in [2.05, 4.69) is 0 Å². The molecule has 4 heteroatoms. The number of carboxylic acids is 1. The summed E-state index contributed by atoms with van der Waals surface area (Å²) in [7, 11) is 0. The predicted octanol–water partition coefficient (Wildman–Crippen LogP) is -2.37. The van der Waals surface area contributed by atoms with E-state index in [4.69, 9.17) is 9.90 Å². The van der Waals surface area contributed by atoms with Crippen molar-refractivity contribution in [2.75, 3.05) is 0 Å². The van der Waals surface area contributed by atoms with Crippen LogP contribution >= 0.6 is 12.4 Å². The fourth-order valence-corrected chi connectivity index (χ4v) is 0. The quantitative estimate of drug-likeness (QED) is 0.363. The monoisotopic (exact) mass is 120 g/mol. The van der Waals surface area contributed by atoms with Crippen molar-refractivity contribution in [1.29, 1.82) is 0 Å². The van der Waals surface area contributed by atoms with Crippen LogP contribution in [0.1, 0.15) is 8.35 Å². The molecule has 0 aliphatic heterocycles. The molecule has 0 unspecified atom stereocenters. The molecule has 0 bridgehead atoms. The first-order chi connectivity index (χ1) is 1.73. The van der Waals surface area contributed by atoms with Gasteiger partial charge in [0.2, 0.25) is 0 Å². The number of carboxylic acid groups (broad SMARTS) is 1. The maximum absolute atomic E-state index is 9.00. The van der Waals surface area contributed by atoms with E-state index in [1.54, 1.807) is 0 Å². The molecule has 0 spiro atoms. The summed E-state index contributed by atoms with van der Waals surface area (Å²) >= 11 is 0. The minimum absolute atomic E-state index is 0. The Morgan fingerprint density at radius 1 is 1.83 bits per heavy atom. The Kier molecular flexibility index (Phi) is 24.4. The molecule has 0 aromatic carbocycles. The normalized spacial score (nSPS) is 4.17. The van der Waals surface area contributed by atoms with Crippen molar-refractivity contribution in [2.45, 2.75) is 6.92 Å². The smallest absolute Gasteiger partial charge is 1.00 e. The van der Waals surface area contributed by atoms with Gasteiger partial charge in [0.05, 0.1) is 0 Å². The molecule has 0 rings (SSSR count). The standard InChI is InChI=1S/C2H4O2.ClH.Na.H/c1-2(3)4;;;/h1H3,(H,3,4);1H;;/q;;+1;-1. The number of carbonyl (C=O) groups is 1. The van der Waals surface area contributed by atoms with Gasteiger partial charge >= 0.3 is 29.6 Å². The third kappa shape index (κ3) is 117. The van der Waals surface area contributed by atoms with Crippen molar-refractivity contribution in [3.8, 4) is 0 Å². The van der Waals surface area contributed by atoms with Crippen molar-refractivity contribution >= 4 is 18.4 Å². The van der Waals surface area contributed by atoms with Crippen LogP contribution in [-0.2, 0) is 4.79 Å². The van der Waals surface area contributed by atoms with Crippen molar-refractivity contribution in [3.05, 3.63) is 0 Å². The van der Waals surface area contributed by atoms with Crippen molar-refractivity contribution in [2.24, 2.45) is 0 Å². The van der Waals surface area contributed by atoms with Crippen LogP contribution in [0, 0.1) is 0 Å². The molecule has 0 radical (unpaired) electrons. The largest absolute Gasteiger partial charge is 1.00 e. The van der Waals surface area contributed by atoms with Crippen LogP contribution in [0.5, 0.6) is 0 Å². The molecule has 0 aromatic rings. The van der Waals surface area contributed by atoms with E-state index >= 15 is 0 Å². The maximum Gasteiger partial charge on any atom is 1.00 e. The first-order valence-corrected chi connectivity index (χ1v) is 0.928. The van der Waals surface area contributed by atoms with Crippen LogP contribution in [0.4, 0.5) is 0 Å². The molecule has 0 aromatic heterocycles. The molecular formula is C2H6ClNaO2. The fourth-order valence-electron chi connectivity index (χ4n) is 0. The van der Waals surface area contributed by atoms with Gasteiger partial charge in [-0.2, -0.15) is 0 Å². The first kappa shape index (κ1) is 15.9. The topological polar surface area (TPSA) is 37.3 Å². The average molecular weight is 121 g/mol. The molecule has 0 aliphatic rings. The zero-order valence-corrected chi connectivity index (χ0v) is 6.58. The number of halogens is 1. The molecule has 2 nitrogen and oxygen atoms in total. The van der Waals surface area contributed by atoms with Gasteiger partial charge in [-0.3, -0.25) is 4.79 Å². The molecular weight excluding hydrogens is 114 g/mol. The van der Waals surface area contributed by atoms with Crippen LogP contribution in [-0.4, -0.2) is 11.1 Å². The Bertz CT molecular complexity index is 38.7. The van der Waals surface area contributed by atoms with Gasteiger partial charge in [0.1, 0.15) is 0 Å². The molecule has 0 saturated heterocycles. The van der Waals surface area contributed by atoms with E-state index < -0.39 is 5.97 Å². The number of aliphatic carboxylic acids is 1. The van der Waals surface area contributed by atoms with E-state index in [0.29, 0.717) is 0 Å². The van der Waals surface area contributed by atoms with Gasteiger partial charge in [-0.25, -0.2) is 0 Å². The van der Waals surface area contributed by atoms with Crippen LogP contribution in [0.25, 0.3) is 0 Å². The van der Waals surface area contributed by atoms with E-state index in [0.717, 1.165) is 6.92 Å². The zero-order valence-electron chi connectivity index (χ0n) is 4.76. The number of hydrogen-bond donors (Lipinski definition) is 1. The van der Waals surface area contributed by atoms with Crippen molar-refractivity contribution in [1.82, 2.24) is 0 Å². The first-order valence-electron chi connectivity index (χ1n) is 0.928. The molecule has 1 N–H and O–H groups in total. The number of hydrogen-bond acceptors (Lipinski definition) is 1. The molecule has 0 heterocycles. The van der Waals surface area contributed by atoms with Gasteiger partial charge in [0, 0.05) is 6.92 Å². The van der Waals surface area contributed by atoms with E-state index in [1.165, 1.54) is 0 Å². The Hall–Kier alpha value is 0.760. The molecule has 34 valence electrons. The summed E-state index contributed by atoms with van der Waals surface area (Å²) in [6.45, 7) is 1.08. The second kappa shape index (κ2) is 9.23. The summed E-state index contributed by atoms with van der Waals surface area (Å²) in [5.41, 5.74) is 0.